The number of nitrogens with zero attached hydrogens (tertiary/aromatic N) is 1. The van der Waals surface area contributed by atoms with E-state index >= 15 is 0 Å². The van der Waals surface area contributed by atoms with Crippen LogP contribution in [0.15, 0.2) is 23.9 Å². The lowest BCUT2D eigenvalue weighted by atomic mass is 10.1. The molecule has 6 heteroatoms. The number of carbonyl (C=O) groups is 2. The maximum Gasteiger partial charge on any atom is 0.328 e. The number of hydrogen-bond donors (Lipinski definition) is 1. The summed E-state index contributed by atoms with van der Waals surface area (Å²) in [5, 5.41) is 2.56. The molecular weight excluding hydrogens is 260 g/mol. The van der Waals surface area contributed by atoms with Crippen molar-refractivity contribution in [2.75, 3.05) is 19.8 Å². The lowest BCUT2D eigenvalue weighted by molar-refractivity contribution is -0.122. The third-order valence-corrected chi connectivity index (χ3v) is 3.16. The number of carbonyl (C=O) groups excluding carboxylic acids is 2. The van der Waals surface area contributed by atoms with Gasteiger partial charge in [0, 0.05) is 6.54 Å². The van der Waals surface area contributed by atoms with Crippen molar-refractivity contribution >= 4 is 18.0 Å². The SMILES string of the molecule is CCN1C(=O)N/C(=C/c2ccc3c(c2)OCCO3)C1=O. The molecule has 0 aromatic heterocycles. The summed E-state index contributed by atoms with van der Waals surface area (Å²) in [7, 11) is 0. The molecule has 20 heavy (non-hydrogen) atoms. The highest BCUT2D eigenvalue weighted by atomic mass is 16.6. The number of imide groups is 1. The summed E-state index contributed by atoms with van der Waals surface area (Å²) in [6.45, 7) is 3.15. The first kappa shape index (κ1) is 12.5. The van der Waals surface area contributed by atoms with Gasteiger partial charge in [-0.3, -0.25) is 9.69 Å². The number of nitrogens with one attached hydrogen (secondary N) is 1. The fourth-order valence-corrected chi connectivity index (χ4v) is 2.18. The van der Waals surface area contributed by atoms with Gasteiger partial charge in [0.15, 0.2) is 11.5 Å². The molecule has 0 radical (unpaired) electrons. The number of likely N-dealkylation sites (N-methyl/N-ethyl adjacent to an activating group) is 1. The van der Waals surface area contributed by atoms with Gasteiger partial charge in [-0.05, 0) is 30.7 Å². The zero-order valence-corrected chi connectivity index (χ0v) is 11.0. The first-order valence-electron chi connectivity index (χ1n) is 6.43. The fourth-order valence-electron chi connectivity index (χ4n) is 2.18. The highest BCUT2D eigenvalue weighted by Crippen LogP contribution is 2.31. The van der Waals surface area contributed by atoms with E-state index in [9.17, 15) is 9.59 Å². The van der Waals surface area contributed by atoms with Crippen molar-refractivity contribution in [3.63, 3.8) is 0 Å². The molecule has 0 aliphatic carbocycles. The van der Waals surface area contributed by atoms with E-state index < -0.39 is 0 Å². The Balaban J connectivity index is 1.89. The average molecular weight is 274 g/mol. The molecule has 0 saturated carbocycles. The smallest absolute Gasteiger partial charge is 0.328 e. The van der Waals surface area contributed by atoms with Gasteiger partial charge in [0.25, 0.3) is 5.91 Å². The summed E-state index contributed by atoms with van der Waals surface area (Å²) in [5.74, 6) is 1.03. The molecule has 2 heterocycles. The van der Waals surface area contributed by atoms with E-state index in [0.29, 0.717) is 31.3 Å². The van der Waals surface area contributed by atoms with Crippen LogP contribution in [0, 0.1) is 0 Å². The van der Waals surface area contributed by atoms with Crippen molar-refractivity contribution in [2.45, 2.75) is 6.92 Å². The van der Waals surface area contributed by atoms with Crippen molar-refractivity contribution in [2.24, 2.45) is 0 Å². The third kappa shape index (κ3) is 2.09. The molecule has 0 unspecified atom stereocenters. The molecule has 2 aliphatic heterocycles. The number of benzene rings is 1. The van der Waals surface area contributed by atoms with E-state index in [1.54, 1.807) is 25.1 Å². The van der Waals surface area contributed by atoms with Crippen LogP contribution in [0.3, 0.4) is 0 Å². The Morgan fingerprint density at radius 3 is 2.70 bits per heavy atom. The van der Waals surface area contributed by atoms with Crippen LogP contribution in [0.4, 0.5) is 4.79 Å². The highest BCUT2D eigenvalue weighted by molar-refractivity contribution is 6.13. The van der Waals surface area contributed by atoms with Gasteiger partial charge in [-0.1, -0.05) is 6.07 Å². The summed E-state index contributed by atoms with van der Waals surface area (Å²) in [6, 6.07) is 5.00. The minimum Gasteiger partial charge on any atom is -0.486 e. The molecule has 3 amide bonds. The second-order valence-corrected chi connectivity index (χ2v) is 4.44. The number of hydrogen-bond acceptors (Lipinski definition) is 4. The normalized spacial score (nSPS) is 19.4. The topological polar surface area (TPSA) is 67.9 Å². The van der Waals surface area contributed by atoms with Gasteiger partial charge in [0.2, 0.25) is 0 Å². The van der Waals surface area contributed by atoms with Crippen LogP contribution in [0.2, 0.25) is 0 Å². The quantitative estimate of drug-likeness (QED) is 0.653. The van der Waals surface area contributed by atoms with Crippen LogP contribution in [-0.4, -0.2) is 36.6 Å². The molecule has 3 rings (SSSR count). The lowest BCUT2D eigenvalue weighted by Gasteiger charge is -2.18. The van der Waals surface area contributed by atoms with Crippen molar-refractivity contribution in [3.05, 3.63) is 29.5 Å². The van der Waals surface area contributed by atoms with Crippen LogP contribution >= 0.6 is 0 Å². The van der Waals surface area contributed by atoms with Crippen LogP contribution in [-0.2, 0) is 4.79 Å². The van der Waals surface area contributed by atoms with Crippen LogP contribution in [0.1, 0.15) is 12.5 Å². The molecule has 1 N–H and O–H groups in total. The summed E-state index contributed by atoms with van der Waals surface area (Å²) in [6.07, 6.45) is 1.63. The average Bonchev–Trinajstić information content (AvgIpc) is 2.73. The Morgan fingerprint density at radius 2 is 2.00 bits per heavy atom. The highest BCUT2D eigenvalue weighted by Gasteiger charge is 2.32. The Kier molecular flexibility index (Phi) is 3.06. The molecule has 6 nitrogen and oxygen atoms in total. The zero-order chi connectivity index (χ0) is 14.1. The van der Waals surface area contributed by atoms with Crippen molar-refractivity contribution in [1.29, 1.82) is 0 Å². The number of fused-ring (bicyclic) bond motifs is 1. The molecule has 1 fully saturated rings. The number of urea groups is 1. The number of ether oxygens (including phenoxy) is 2. The summed E-state index contributed by atoms with van der Waals surface area (Å²) in [5.41, 5.74) is 1.05. The van der Waals surface area contributed by atoms with E-state index in [1.807, 2.05) is 6.07 Å². The number of amides is 3. The predicted octanol–water partition coefficient (Wildman–Crippen LogP) is 1.37. The molecule has 1 aromatic carbocycles. The van der Waals surface area contributed by atoms with Gasteiger partial charge in [0.1, 0.15) is 18.9 Å². The van der Waals surface area contributed by atoms with Crippen LogP contribution in [0.25, 0.3) is 6.08 Å². The van der Waals surface area contributed by atoms with Gasteiger partial charge in [-0.15, -0.1) is 0 Å². The number of rotatable bonds is 2. The van der Waals surface area contributed by atoms with E-state index in [2.05, 4.69) is 5.32 Å². The van der Waals surface area contributed by atoms with E-state index in [0.717, 1.165) is 10.5 Å². The van der Waals surface area contributed by atoms with Gasteiger partial charge in [0.05, 0.1) is 0 Å². The van der Waals surface area contributed by atoms with E-state index in [-0.39, 0.29) is 17.6 Å². The maximum atomic E-state index is 12.0. The minimum atomic E-state index is -0.388. The van der Waals surface area contributed by atoms with Gasteiger partial charge < -0.3 is 14.8 Å². The second-order valence-electron chi connectivity index (χ2n) is 4.44. The van der Waals surface area contributed by atoms with Gasteiger partial charge in [-0.2, -0.15) is 0 Å². The van der Waals surface area contributed by atoms with Crippen LogP contribution in [0.5, 0.6) is 11.5 Å². The molecular formula is C14H14N2O4. The zero-order valence-electron chi connectivity index (χ0n) is 11.0. The first-order valence-corrected chi connectivity index (χ1v) is 6.43. The maximum absolute atomic E-state index is 12.0. The monoisotopic (exact) mass is 274 g/mol. The predicted molar refractivity (Wildman–Crippen MR) is 71.3 cm³/mol. The Hall–Kier alpha value is -2.50. The Morgan fingerprint density at radius 1 is 1.25 bits per heavy atom. The van der Waals surface area contributed by atoms with Crippen molar-refractivity contribution < 1.29 is 19.1 Å². The molecule has 0 bridgehead atoms. The fraction of sp³-hybridized carbons (Fsp3) is 0.286. The molecule has 1 saturated heterocycles. The molecule has 1 aromatic rings. The molecule has 0 spiro atoms. The summed E-state index contributed by atoms with van der Waals surface area (Å²) < 4.78 is 10.9. The van der Waals surface area contributed by atoms with Gasteiger partial charge in [-0.25, -0.2) is 4.79 Å². The largest absolute Gasteiger partial charge is 0.486 e. The van der Waals surface area contributed by atoms with Crippen molar-refractivity contribution in [3.8, 4) is 11.5 Å². The Bertz CT molecular complexity index is 609. The van der Waals surface area contributed by atoms with Crippen molar-refractivity contribution in [1.82, 2.24) is 10.2 Å². The standard InChI is InChI=1S/C14H14N2O4/c1-2-16-13(17)10(15-14(16)18)7-9-3-4-11-12(8-9)20-6-5-19-11/h3-4,7-8H,2,5-6H2,1H3,(H,15,18)/b10-7+. The second kappa shape index (κ2) is 4.88. The summed E-state index contributed by atoms with van der Waals surface area (Å²) >= 11 is 0. The molecule has 2 aliphatic rings. The minimum absolute atomic E-state index is 0.272. The molecule has 0 atom stereocenters. The van der Waals surface area contributed by atoms with E-state index in [4.69, 9.17) is 9.47 Å². The lowest BCUT2D eigenvalue weighted by Crippen LogP contribution is -2.30. The third-order valence-electron chi connectivity index (χ3n) is 3.16. The first-order chi connectivity index (χ1) is 9.69. The molecule has 104 valence electrons. The van der Waals surface area contributed by atoms with Gasteiger partial charge >= 0.3 is 6.03 Å². The van der Waals surface area contributed by atoms with E-state index in [1.165, 1.54) is 0 Å². The summed E-state index contributed by atoms with van der Waals surface area (Å²) in [4.78, 5) is 24.7. The van der Waals surface area contributed by atoms with Crippen LogP contribution < -0.4 is 14.8 Å². The Labute approximate surface area is 116 Å².